The van der Waals surface area contributed by atoms with E-state index in [1.165, 1.54) is 6.92 Å². The minimum absolute atomic E-state index is 0.0167. The first-order valence-corrected chi connectivity index (χ1v) is 7.24. The van der Waals surface area contributed by atoms with Crippen molar-refractivity contribution in [1.82, 2.24) is 9.66 Å². The first kappa shape index (κ1) is 15.9. The lowest BCUT2D eigenvalue weighted by Gasteiger charge is -2.28. The molecule has 5 N–H and O–H groups in total. The Balaban J connectivity index is 2.35. The van der Waals surface area contributed by atoms with Gasteiger partial charge in [0.05, 0.1) is 17.1 Å². The topological polar surface area (TPSA) is 133 Å². The second-order valence-electron chi connectivity index (χ2n) is 5.23. The van der Waals surface area contributed by atoms with Gasteiger partial charge in [0.25, 0.3) is 0 Å². The predicted molar refractivity (Wildman–Crippen MR) is 87.3 cm³/mol. The van der Waals surface area contributed by atoms with Gasteiger partial charge in [0.15, 0.2) is 0 Å². The van der Waals surface area contributed by atoms with Crippen LogP contribution in [0.1, 0.15) is 24.0 Å². The Labute approximate surface area is 140 Å². The van der Waals surface area contributed by atoms with E-state index < -0.39 is 17.6 Å². The van der Waals surface area contributed by atoms with Crippen LogP contribution in [0.3, 0.4) is 0 Å². The highest BCUT2D eigenvalue weighted by atomic mass is 35.5. The highest BCUT2D eigenvalue weighted by Gasteiger charge is 2.37. The highest BCUT2D eigenvalue weighted by molar-refractivity contribution is 6.30. The average molecular weight is 349 g/mol. The van der Waals surface area contributed by atoms with Gasteiger partial charge in [-0.25, -0.2) is 9.59 Å². The van der Waals surface area contributed by atoms with Crippen LogP contribution >= 0.6 is 11.6 Å². The van der Waals surface area contributed by atoms with Gasteiger partial charge < -0.3 is 21.4 Å². The molecule has 0 radical (unpaired) electrons. The molecule has 1 aliphatic rings. The molecule has 0 bridgehead atoms. The number of nitrogens with zero attached hydrogens (tertiary/aromatic N) is 2. The highest BCUT2D eigenvalue weighted by Crippen LogP contribution is 2.44. The van der Waals surface area contributed by atoms with Crippen molar-refractivity contribution in [2.45, 2.75) is 12.8 Å². The van der Waals surface area contributed by atoms with Gasteiger partial charge in [-0.1, -0.05) is 23.7 Å². The van der Waals surface area contributed by atoms with E-state index in [1.807, 2.05) is 0 Å². The normalized spacial score (nSPS) is 16.5. The smallest absolute Gasteiger partial charge is 0.371 e. The number of anilines is 1. The van der Waals surface area contributed by atoms with E-state index in [2.05, 4.69) is 4.98 Å². The number of halogens is 1. The van der Waals surface area contributed by atoms with Crippen molar-refractivity contribution in [2.75, 3.05) is 11.6 Å². The molecule has 24 heavy (non-hydrogen) atoms. The summed E-state index contributed by atoms with van der Waals surface area (Å²) in [6, 6.07) is 6.60. The van der Waals surface area contributed by atoms with Crippen LogP contribution in [0, 0.1) is 0 Å². The Kier molecular flexibility index (Phi) is 3.69. The number of allylic oxidation sites excluding steroid dienone is 1. The summed E-state index contributed by atoms with van der Waals surface area (Å²) in [5.74, 6) is 3.58. The number of benzene rings is 1. The molecule has 0 fully saturated rings. The lowest BCUT2D eigenvalue weighted by Crippen LogP contribution is -2.35. The van der Waals surface area contributed by atoms with Gasteiger partial charge in [0.2, 0.25) is 5.88 Å². The molecule has 1 atom stereocenters. The molecule has 1 aromatic carbocycles. The van der Waals surface area contributed by atoms with Gasteiger partial charge in [-0.2, -0.15) is 9.66 Å². The number of nitrogen functional groups attached to an aromatic ring is 2. The minimum atomic E-state index is -1.17. The molecule has 0 spiro atoms. The Morgan fingerprint density at radius 3 is 2.58 bits per heavy atom. The van der Waals surface area contributed by atoms with E-state index in [-0.39, 0.29) is 28.6 Å². The summed E-state index contributed by atoms with van der Waals surface area (Å²) in [7, 11) is 0. The molecule has 0 saturated carbocycles. The Bertz CT molecular complexity index is 934. The van der Waals surface area contributed by atoms with Crippen molar-refractivity contribution in [3.63, 3.8) is 0 Å². The number of carboxylic acid groups (broad SMARTS) is 1. The molecule has 2 aromatic rings. The quantitative estimate of drug-likeness (QED) is 0.691. The molecule has 1 aliphatic heterocycles. The molecule has 2 heterocycles. The minimum Gasteiger partial charge on any atom is -0.478 e. The molecule has 8 nitrogen and oxygen atoms in total. The summed E-state index contributed by atoms with van der Waals surface area (Å²) in [5, 5.41) is 10.1. The number of aromatic nitrogens is 2. The summed E-state index contributed by atoms with van der Waals surface area (Å²) >= 11 is 5.90. The van der Waals surface area contributed by atoms with E-state index >= 15 is 0 Å². The molecular weight excluding hydrogens is 336 g/mol. The maximum absolute atomic E-state index is 11.8. The molecule has 3 rings (SSSR count). The number of hydrogen-bond acceptors (Lipinski definition) is 6. The van der Waals surface area contributed by atoms with Crippen LogP contribution in [0.4, 0.5) is 5.82 Å². The second-order valence-corrected chi connectivity index (χ2v) is 5.67. The van der Waals surface area contributed by atoms with Crippen LogP contribution in [-0.4, -0.2) is 20.7 Å². The summed E-state index contributed by atoms with van der Waals surface area (Å²) in [5.41, 5.74) is 5.96. The molecule has 0 saturated heterocycles. The predicted octanol–water partition coefficient (Wildman–Crippen LogP) is 1.08. The molecule has 124 valence electrons. The third-order valence-corrected chi connectivity index (χ3v) is 4.06. The van der Waals surface area contributed by atoms with E-state index in [1.54, 1.807) is 24.3 Å². The average Bonchev–Trinajstić information content (AvgIpc) is 2.52. The van der Waals surface area contributed by atoms with Gasteiger partial charge in [0.1, 0.15) is 11.6 Å². The monoisotopic (exact) mass is 348 g/mol. The van der Waals surface area contributed by atoms with Crippen molar-refractivity contribution in [1.29, 1.82) is 0 Å². The van der Waals surface area contributed by atoms with Gasteiger partial charge >= 0.3 is 11.7 Å². The Hall–Kier alpha value is -3.00. The van der Waals surface area contributed by atoms with Crippen LogP contribution < -0.4 is 22.0 Å². The van der Waals surface area contributed by atoms with Gasteiger partial charge in [-0.3, -0.25) is 0 Å². The maximum Gasteiger partial charge on any atom is 0.371 e. The zero-order valence-electron chi connectivity index (χ0n) is 12.5. The van der Waals surface area contributed by atoms with Crippen molar-refractivity contribution in [3.8, 4) is 5.88 Å². The Morgan fingerprint density at radius 2 is 2.00 bits per heavy atom. The number of nitrogens with two attached hydrogens (primary N) is 2. The molecule has 1 aromatic heterocycles. The summed E-state index contributed by atoms with van der Waals surface area (Å²) in [4.78, 5) is 27.2. The first-order valence-electron chi connectivity index (χ1n) is 6.86. The third kappa shape index (κ3) is 2.37. The number of hydrogen-bond donors (Lipinski definition) is 3. The molecule has 0 amide bonds. The summed E-state index contributed by atoms with van der Waals surface area (Å²) in [6.07, 6.45) is 0. The van der Waals surface area contributed by atoms with Crippen molar-refractivity contribution in [3.05, 3.63) is 62.2 Å². The van der Waals surface area contributed by atoms with Crippen LogP contribution in [0.25, 0.3) is 0 Å². The maximum atomic E-state index is 11.8. The standard InChI is InChI=1S/C15H13ClN4O4/c1-6-9(14(21)22)10(7-2-4-8(16)5-3-7)11-12(17)20(18)15(23)19-13(11)24-6/h2-5,10H,17-18H2,1H3,(H,21,22). The van der Waals surface area contributed by atoms with Crippen molar-refractivity contribution < 1.29 is 14.6 Å². The van der Waals surface area contributed by atoms with E-state index in [0.29, 0.717) is 15.3 Å². The molecule has 9 heteroatoms. The zero-order valence-corrected chi connectivity index (χ0v) is 13.2. The summed E-state index contributed by atoms with van der Waals surface area (Å²) < 4.78 is 6.07. The van der Waals surface area contributed by atoms with Crippen LogP contribution in [-0.2, 0) is 4.79 Å². The SMILES string of the molecule is CC1=C(C(=O)O)C(c2ccc(Cl)cc2)c2c(nc(=O)n(N)c2N)O1. The number of fused-ring (bicyclic) bond motifs is 1. The fourth-order valence-corrected chi connectivity index (χ4v) is 2.83. The lowest BCUT2D eigenvalue weighted by atomic mass is 9.83. The van der Waals surface area contributed by atoms with Gasteiger partial charge in [-0.15, -0.1) is 0 Å². The molecular formula is C15H13ClN4O4. The number of carboxylic acids is 1. The van der Waals surface area contributed by atoms with Crippen molar-refractivity contribution >= 4 is 23.4 Å². The second kappa shape index (κ2) is 5.57. The van der Waals surface area contributed by atoms with Crippen LogP contribution in [0.15, 0.2) is 40.4 Å². The number of rotatable bonds is 2. The largest absolute Gasteiger partial charge is 0.478 e. The van der Waals surface area contributed by atoms with E-state index in [9.17, 15) is 14.7 Å². The zero-order chi connectivity index (χ0) is 17.6. The van der Waals surface area contributed by atoms with E-state index in [0.717, 1.165) is 0 Å². The summed E-state index contributed by atoms with van der Waals surface area (Å²) in [6.45, 7) is 1.49. The number of aliphatic carboxylic acids is 1. The lowest BCUT2D eigenvalue weighted by molar-refractivity contribution is -0.133. The molecule has 0 aliphatic carbocycles. The van der Waals surface area contributed by atoms with E-state index in [4.69, 9.17) is 27.9 Å². The van der Waals surface area contributed by atoms with Crippen LogP contribution in [0.5, 0.6) is 5.88 Å². The van der Waals surface area contributed by atoms with Gasteiger partial charge in [-0.05, 0) is 24.6 Å². The van der Waals surface area contributed by atoms with Crippen LogP contribution in [0.2, 0.25) is 5.02 Å². The number of carbonyl (C=O) groups is 1. The fraction of sp³-hybridized carbons (Fsp3) is 0.133. The number of ether oxygens (including phenoxy) is 1. The first-order chi connectivity index (χ1) is 11.3. The van der Waals surface area contributed by atoms with Gasteiger partial charge in [0, 0.05) is 5.02 Å². The third-order valence-electron chi connectivity index (χ3n) is 3.81. The molecule has 1 unspecified atom stereocenters. The van der Waals surface area contributed by atoms with Crippen molar-refractivity contribution in [2.24, 2.45) is 0 Å². The fourth-order valence-electron chi connectivity index (χ4n) is 2.70. The Morgan fingerprint density at radius 1 is 1.38 bits per heavy atom.